The molecule has 0 aliphatic carbocycles. The molecular formula is C38H44O7. The van der Waals surface area contributed by atoms with Crippen molar-refractivity contribution in [2.75, 3.05) is 19.8 Å². The maximum Gasteiger partial charge on any atom is 0.186 e. The van der Waals surface area contributed by atoms with Gasteiger partial charge in [-0.05, 0) is 35.1 Å². The number of rotatable bonds is 18. The lowest BCUT2D eigenvalue weighted by Crippen LogP contribution is -2.61. The van der Waals surface area contributed by atoms with Gasteiger partial charge in [0, 0.05) is 13.2 Å². The smallest absolute Gasteiger partial charge is 0.186 e. The third-order valence-corrected chi connectivity index (χ3v) is 7.68. The van der Waals surface area contributed by atoms with Crippen LogP contribution in [0.25, 0.3) is 0 Å². The van der Waals surface area contributed by atoms with Crippen LogP contribution in [0.4, 0.5) is 0 Å². The highest BCUT2D eigenvalue weighted by atomic mass is 16.7. The van der Waals surface area contributed by atoms with Gasteiger partial charge in [0.05, 0.1) is 33.0 Å². The molecule has 1 fully saturated rings. The summed E-state index contributed by atoms with van der Waals surface area (Å²) in [4.78, 5) is 0. The van der Waals surface area contributed by atoms with Crippen LogP contribution in [0.15, 0.2) is 121 Å². The lowest BCUT2D eigenvalue weighted by atomic mass is 9.97. The lowest BCUT2D eigenvalue weighted by molar-refractivity contribution is -0.328. The number of aliphatic hydroxyl groups excluding tert-OH is 1. The molecule has 7 heteroatoms. The first-order chi connectivity index (χ1) is 22.3. The fourth-order valence-electron chi connectivity index (χ4n) is 5.29. The molecule has 1 aliphatic heterocycles. The zero-order valence-electron chi connectivity index (χ0n) is 25.7. The van der Waals surface area contributed by atoms with E-state index in [-0.39, 0.29) is 13.2 Å². The Kier molecular flexibility index (Phi) is 13.6. The number of hydrogen-bond acceptors (Lipinski definition) is 7. The Morgan fingerprint density at radius 2 is 0.933 bits per heavy atom. The second-order valence-corrected chi connectivity index (χ2v) is 11.1. The number of unbranched alkanes of at least 4 members (excludes halogenated alkanes) is 1. The minimum atomic E-state index is -0.727. The lowest BCUT2D eigenvalue weighted by Gasteiger charge is -2.46. The van der Waals surface area contributed by atoms with Gasteiger partial charge in [-0.2, -0.15) is 0 Å². The van der Waals surface area contributed by atoms with E-state index in [1.54, 1.807) is 0 Å². The van der Waals surface area contributed by atoms with Crippen LogP contribution < -0.4 is 0 Å². The van der Waals surface area contributed by atoms with Gasteiger partial charge in [0.25, 0.3) is 0 Å². The maximum atomic E-state index is 9.34. The van der Waals surface area contributed by atoms with Gasteiger partial charge in [-0.15, -0.1) is 0 Å². The first-order valence-corrected chi connectivity index (χ1v) is 15.8. The first-order valence-electron chi connectivity index (χ1n) is 15.8. The van der Waals surface area contributed by atoms with Crippen molar-refractivity contribution in [2.45, 2.75) is 70.0 Å². The first kappa shape index (κ1) is 33.0. The Morgan fingerprint density at radius 1 is 0.489 bits per heavy atom. The zero-order chi connectivity index (χ0) is 30.9. The van der Waals surface area contributed by atoms with Crippen LogP contribution in [0.1, 0.15) is 35.1 Å². The fraction of sp³-hybridized carbons (Fsp3) is 0.368. The minimum absolute atomic E-state index is 0.108. The summed E-state index contributed by atoms with van der Waals surface area (Å²) in [5.74, 6) is 0. The molecule has 1 saturated heterocycles. The molecule has 0 spiro atoms. The molecular weight excluding hydrogens is 568 g/mol. The van der Waals surface area contributed by atoms with E-state index in [0.717, 1.165) is 22.3 Å². The third kappa shape index (κ3) is 10.6. The van der Waals surface area contributed by atoms with Gasteiger partial charge in [0.1, 0.15) is 24.4 Å². The summed E-state index contributed by atoms with van der Waals surface area (Å²) in [6.45, 7) is 2.35. The standard InChI is InChI=1S/C38H44O7/c39-23-13-14-24-41-38-37(44-28-33-21-11-4-12-22-33)36(43-27-32-19-9-3-10-20-32)35(42-26-31-17-7-2-8-18-31)34(45-38)29-40-25-30-15-5-1-6-16-30/h1-12,15-22,34-39H,13-14,23-29H2/t34-,35+,36+,37-,38-/m1/s1. The van der Waals surface area contributed by atoms with Gasteiger partial charge in [-0.25, -0.2) is 0 Å². The highest BCUT2D eigenvalue weighted by molar-refractivity contribution is 5.16. The molecule has 0 saturated carbocycles. The van der Waals surface area contributed by atoms with E-state index in [4.69, 9.17) is 28.4 Å². The summed E-state index contributed by atoms with van der Waals surface area (Å²) < 4.78 is 39.2. The second-order valence-electron chi connectivity index (χ2n) is 11.1. The summed E-state index contributed by atoms with van der Waals surface area (Å²) >= 11 is 0. The van der Waals surface area contributed by atoms with Crippen molar-refractivity contribution in [2.24, 2.45) is 0 Å². The number of ether oxygens (including phenoxy) is 6. The van der Waals surface area contributed by atoms with Gasteiger partial charge >= 0.3 is 0 Å². The average Bonchev–Trinajstić information content (AvgIpc) is 3.10. The summed E-state index contributed by atoms with van der Waals surface area (Å²) in [6, 6.07) is 40.3. The quantitative estimate of drug-likeness (QED) is 0.129. The van der Waals surface area contributed by atoms with Crippen LogP contribution in [0.5, 0.6) is 0 Å². The molecule has 238 valence electrons. The summed E-state index contributed by atoms with van der Waals surface area (Å²) in [5, 5.41) is 9.34. The number of aliphatic hydroxyl groups is 1. The normalized spacial score (nSPS) is 21.5. The summed E-state index contributed by atoms with van der Waals surface area (Å²) in [7, 11) is 0. The summed E-state index contributed by atoms with van der Waals surface area (Å²) in [6.07, 6.45) is -1.51. The molecule has 1 aliphatic rings. The van der Waals surface area contributed by atoms with Crippen molar-refractivity contribution in [3.05, 3.63) is 144 Å². The van der Waals surface area contributed by atoms with Gasteiger partial charge in [0.15, 0.2) is 6.29 Å². The predicted octanol–water partition coefficient (Wildman–Crippen LogP) is 6.47. The van der Waals surface area contributed by atoms with Crippen LogP contribution in [0.2, 0.25) is 0 Å². The minimum Gasteiger partial charge on any atom is -0.396 e. The molecule has 0 amide bonds. The monoisotopic (exact) mass is 612 g/mol. The van der Waals surface area contributed by atoms with Crippen LogP contribution in [0, 0.1) is 0 Å². The highest BCUT2D eigenvalue weighted by Crippen LogP contribution is 2.31. The predicted molar refractivity (Wildman–Crippen MR) is 172 cm³/mol. The SMILES string of the molecule is OCCCCO[C@@H]1O[C@H](COCc2ccccc2)[C@H](OCc2ccccc2)[C@H](OCc2ccccc2)[C@H]1OCc1ccccc1. The van der Waals surface area contributed by atoms with Gasteiger partial charge in [-0.1, -0.05) is 121 Å². The van der Waals surface area contributed by atoms with E-state index in [1.807, 2.05) is 121 Å². The summed E-state index contributed by atoms with van der Waals surface area (Å²) in [5.41, 5.74) is 4.21. The Bertz CT molecular complexity index is 1320. The van der Waals surface area contributed by atoms with Crippen molar-refractivity contribution < 1.29 is 33.5 Å². The van der Waals surface area contributed by atoms with Crippen molar-refractivity contribution in [1.29, 1.82) is 0 Å². The zero-order valence-corrected chi connectivity index (χ0v) is 25.7. The topological polar surface area (TPSA) is 75.6 Å². The fourth-order valence-corrected chi connectivity index (χ4v) is 5.29. The Hall–Kier alpha value is -3.40. The molecule has 0 bridgehead atoms. The van der Waals surface area contributed by atoms with E-state index < -0.39 is 30.7 Å². The molecule has 1 N–H and O–H groups in total. The van der Waals surface area contributed by atoms with Crippen molar-refractivity contribution >= 4 is 0 Å². The molecule has 4 aromatic carbocycles. The number of hydrogen-bond donors (Lipinski definition) is 1. The van der Waals surface area contributed by atoms with Crippen LogP contribution in [0.3, 0.4) is 0 Å². The maximum absolute atomic E-state index is 9.34. The molecule has 7 nitrogen and oxygen atoms in total. The molecule has 0 aromatic heterocycles. The molecule has 0 unspecified atom stereocenters. The van der Waals surface area contributed by atoms with Crippen LogP contribution in [-0.2, 0) is 54.8 Å². The Morgan fingerprint density at radius 3 is 1.42 bits per heavy atom. The highest BCUT2D eigenvalue weighted by Gasteiger charge is 2.49. The van der Waals surface area contributed by atoms with Gasteiger partial charge in [-0.3, -0.25) is 0 Å². The third-order valence-electron chi connectivity index (χ3n) is 7.68. The molecule has 45 heavy (non-hydrogen) atoms. The largest absolute Gasteiger partial charge is 0.396 e. The van der Waals surface area contributed by atoms with E-state index >= 15 is 0 Å². The Balaban J connectivity index is 1.41. The van der Waals surface area contributed by atoms with Crippen LogP contribution in [-0.4, -0.2) is 55.6 Å². The van der Waals surface area contributed by atoms with E-state index in [1.165, 1.54) is 0 Å². The second kappa shape index (κ2) is 18.5. The molecule has 1 heterocycles. The molecule has 4 aromatic rings. The van der Waals surface area contributed by atoms with Crippen LogP contribution >= 0.6 is 0 Å². The van der Waals surface area contributed by atoms with E-state index in [9.17, 15) is 5.11 Å². The van der Waals surface area contributed by atoms with E-state index in [2.05, 4.69) is 0 Å². The number of benzene rings is 4. The van der Waals surface area contributed by atoms with Gasteiger partial charge in [0.2, 0.25) is 0 Å². The average molecular weight is 613 g/mol. The van der Waals surface area contributed by atoms with E-state index in [0.29, 0.717) is 45.9 Å². The molecule has 5 rings (SSSR count). The van der Waals surface area contributed by atoms with Crippen molar-refractivity contribution in [1.82, 2.24) is 0 Å². The van der Waals surface area contributed by atoms with Crippen molar-refractivity contribution in [3.8, 4) is 0 Å². The van der Waals surface area contributed by atoms with Crippen molar-refractivity contribution in [3.63, 3.8) is 0 Å². The molecule has 0 radical (unpaired) electrons. The van der Waals surface area contributed by atoms with Gasteiger partial charge < -0.3 is 33.5 Å². The Labute approximate surface area is 266 Å². The molecule has 5 atom stereocenters.